The van der Waals surface area contributed by atoms with Crippen molar-refractivity contribution < 1.29 is 84.8 Å². The Bertz CT molecular complexity index is 2040. The summed E-state index contributed by atoms with van der Waals surface area (Å²) in [6, 6.07) is 2.76. The first-order valence-corrected chi connectivity index (χ1v) is 52.3. The van der Waals surface area contributed by atoms with Crippen LogP contribution in [0.25, 0.3) is 0 Å². The maximum Gasteiger partial charge on any atom is 0.143 e. The SMILES string of the molecule is CC(C)(C)S(=O)NC1CCSC1.CC(C)(C)S(=O)NC1CCSC1.CC(C)(C)S(=O)NC1CCSC1.CC(C)(C)S(=O)NC1CCSC1.CC(C)(C)[S@@](N)=O.CCO.CCO.CCO.CCO.Cl.Cl.Cl.Cl.NC1CCS(=O)C1.NC1CCS(=O)C1.NC1CCS(=O)C1.NC1CCS(=O)C1.O=C1CCSC1.[Ti]. The van der Waals surface area contributed by atoms with Gasteiger partial charge in [-0.3, -0.25) is 26.8 Å². The van der Waals surface area contributed by atoms with Crippen LogP contribution >= 0.6 is 108 Å². The van der Waals surface area contributed by atoms with Gasteiger partial charge in [0.05, 0.1) is 84.4 Å². The third kappa shape index (κ3) is 84.6. The first kappa shape index (κ1) is 131. The number of carbonyl (C=O) groups excluding carboxylic acids is 1. The predicted octanol–water partition coefficient (Wildman–Crippen LogP) is 6.82. The molecule has 9 rings (SSSR count). The van der Waals surface area contributed by atoms with Gasteiger partial charge >= 0.3 is 0 Å². The van der Waals surface area contributed by atoms with E-state index in [9.17, 15) is 42.7 Å². The normalized spacial score (nSPS) is 26.5. The molecule has 0 aliphatic carbocycles. The molecule has 0 spiro atoms. The maximum atomic E-state index is 11.6. The molecule has 23 nitrogen and oxygen atoms in total. The number of halogens is 4. The van der Waals surface area contributed by atoms with Crippen LogP contribution < -0.4 is 47.0 Å². The Morgan fingerprint density at radius 2 is 0.557 bits per heavy atom. The van der Waals surface area contributed by atoms with Gasteiger partial charge in [-0.15, -0.1) is 49.6 Å². The second-order valence-corrected chi connectivity index (χ2v) is 50.7. The van der Waals surface area contributed by atoms with Gasteiger partial charge in [0.1, 0.15) is 5.78 Å². The number of hydrogen-bond donors (Lipinski definition) is 13. The topological polar surface area (TPSA) is 430 Å². The fourth-order valence-electron chi connectivity index (χ4n) is 7.02. The van der Waals surface area contributed by atoms with Crippen LogP contribution in [0.5, 0.6) is 0 Å². The molecule has 0 aromatic carbocycles. The van der Waals surface area contributed by atoms with Crippen molar-refractivity contribution in [2.45, 2.75) is 261 Å². The zero-order valence-corrected chi connectivity index (χ0v) is 83.4. The smallest absolute Gasteiger partial charge is 0.143 e. The molecule has 0 saturated carbocycles. The third-order valence-corrected chi connectivity index (χ3v) is 32.4. The second-order valence-electron chi connectivity index (χ2n) is 28.7. The van der Waals surface area contributed by atoms with Crippen LogP contribution in [0, 0.1) is 0 Å². The number of Topliss-reactive ketones (excluding diaryl/α,β-unsaturated/α-hetero) is 1. The fourth-order valence-corrected chi connectivity index (χ4v) is 21.9. The van der Waals surface area contributed by atoms with Crippen LogP contribution in [0.3, 0.4) is 0 Å². The first-order valence-electron chi connectivity index (χ1n) is 34.8. The number of aliphatic hydroxyl groups is 4. The van der Waals surface area contributed by atoms with Crippen LogP contribution in [-0.2, 0) is 125 Å². The average molecular weight is 1910 g/mol. The summed E-state index contributed by atoms with van der Waals surface area (Å²) in [5, 5.41) is 35.3. The molecule has 18 N–H and O–H groups in total. The summed E-state index contributed by atoms with van der Waals surface area (Å²) in [6.07, 6.45) is 9.25. The van der Waals surface area contributed by atoms with Crippen LogP contribution in [0.2, 0.25) is 0 Å². The predicted molar refractivity (Wildman–Crippen MR) is 488 cm³/mol. The van der Waals surface area contributed by atoms with E-state index in [4.69, 9.17) is 48.5 Å². The molecule has 0 amide bonds. The van der Waals surface area contributed by atoms with Crippen LogP contribution in [0.4, 0.5) is 0 Å². The third-order valence-electron chi connectivity index (χ3n) is 12.9. The maximum absolute atomic E-state index is 11.6. The van der Waals surface area contributed by atoms with Gasteiger partial charge in [0.25, 0.3) is 0 Å². The Labute approximate surface area is 727 Å². The van der Waals surface area contributed by atoms with E-state index in [-0.39, 0.29) is 146 Å². The minimum atomic E-state index is -1.18. The summed E-state index contributed by atoms with van der Waals surface area (Å²) in [5.74, 6) is 17.7. The van der Waals surface area contributed by atoms with E-state index in [1.165, 1.54) is 23.0 Å². The molecular weight excluding hydrogens is 1760 g/mol. The molecule has 17 atom stereocenters. The summed E-state index contributed by atoms with van der Waals surface area (Å²) in [6.45, 7) is 37.2. The van der Waals surface area contributed by atoms with Crippen molar-refractivity contribution in [3.63, 3.8) is 0 Å². The number of thioether (sulfide) groups is 5. The number of rotatable bonds is 8. The Morgan fingerprint density at radius 1 is 0.377 bits per heavy atom. The van der Waals surface area contributed by atoms with Gasteiger partial charge in [-0.05, 0) is 206 Å². The van der Waals surface area contributed by atoms with Crippen molar-refractivity contribution in [3.8, 4) is 0 Å². The molecule has 0 radical (unpaired) electrons. The van der Waals surface area contributed by atoms with Crippen molar-refractivity contribution >= 4 is 212 Å². The van der Waals surface area contributed by atoms with Crippen molar-refractivity contribution in [2.24, 2.45) is 28.1 Å². The van der Waals surface area contributed by atoms with Gasteiger partial charge in [-0.2, -0.15) is 58.8 Å². The Kier molecular flexibility index (Phi) is 95.9. The van der Waals surface area contributed by atoms with Crippen molar-refractivity contribution in [3.05, 3.63) is 0 Å². The largest absolute Gasteiger partial charge is 0.397 e. The molecule has 9 fully saturated rings. The monoisotopic (exact) mass is 1900 g/mol. The number of aliphatic hydroxyl groups excluding tert-OH is 4. The van der Waals surface area contributed by atoms with Gasteiger partial charge in [-0.1, -0.05) is 0 Å². The van der Waals surface area contributed by atoms with Gasteiger partial charge in [-0.25, -0.2) is 39.9 Å². The van der Waals surface area contributed by atoms with Gasteiger partial charge in [0.2, 0.25) is 0 Å². The van der Waals surface area contributed by atoms with Gasteiger partial charge in [0, 0.05) is 221 Å². The van der Waals surface area contributed by atoms with E-state index in [0.29, 0.717) is 30.0 Å². The van der Waals surface area contributed by atoms with Crippen molar-refractivity contribution in [1.82, 2.24) is 18.9 Å². The van der Waals surface area contributed by atoms with Crippen molar-refractivity contribution in [2.75, 3.05) is 130 Å². The van der Waals surface area contributed by atoms with Crippen LogP contribution in [0.15, 0.2) is 0 Å². The van der Waals surface area contributed by atoms with Crippen molar-refractivity contribution in [1.29, 1.82) is 0 Å². The zero-order chi connectivity index (χ0) is 79.2. The Morgan fingerprint density at radius 3 is 0.623 bits per heavy atom. The molecule has 9 saturated heterocycles. The Balaban J connectivity index is -0.000000119. The molecule has 42 heteroatoms. The molecule has 9 aliphatic heterocycles. The molecule has 106 heavy (non-hydrogen) atoms. The Hall–Kier alpha value is 4.12. The molecule has 9 heterocycles. The number of nitrogens with one attached hydrogen (secondary N) is 4. The van der Waals surface area contributed by atoms with Crippen LogP contribution in [-0.4, -0.2) is 266 Å². The number of carbonyl (C=O) groups is 1. The molecule has 9 aliphatic rings. The van der Waals surface area contributed by atoms with E-state index >= 15 is 0 Å². The van der Waals surface area contributed by atoms with Gasteiger partial charge < -0.3 is 43.4 Å². The summed E-state index contributed by atoms with van der Waals surface area (Å²) in [4.78, 5) is 10.2. The fraction of sp³-hybridized carbons (Fsp3) is 0.984. The van der Waals surface area contributed by atoms with Crippen LogP contribution in [0.1, 0.15) is 189 Å². The molecule has 0 bridgehead atoms. The average Bonchev–Trinajstić information content (AvgIpc) is 1.23. The molecular formula is C64H149Cl4N9O14S14Ti. The molecule has 0 aromatic rings. The zero-order valence-electron chi connectivity index (χ0n) is 67.1. The minimum Gasteiger partial charge on any atom is -0.397 e. The summed E-state index contributed by atoms with van der Waals surface area (Å²) in [7, 11) is -7.06. The quantitative estimate of drug-likeness (QED) is 0.111. The van der Waals surface area contributed by atoms with E-state index in [1.807, 2.05) is 151 Å². The summed E-state index contributed by atoms with van der Waals surface area (Å²) in [5.41, 5.74) is 21.7. The molecule has 16 unspecified atom stereocenters. The number of ketones is 1. The second kappa shape index (κ2) is 77.7. The van der Waals surface area contributed by atoms with E-state index in [1.54, 1.807) is 39.5 Å². The number of hydrogen-bond acceptors (Lipinski definition) is 23. The molecule has 650 valence electrons. The number of nitrogens with two attached hydrogens (primary N) is 5. The minimum absolute atomic E-state index is 0. The first-order chi connectivity index (χ1) is 46.6. The van der Waals surface area contributed by atoms with E-state index < -0.39 is 98.1 Å². The standard InChI is InChI=1S/4C8H17NOS2.4C4H9NOS.C4H11NOS.C4H6OS.4C2H6O.4ClH.Ti/c4*1-8(2,3)12(10)9-7-4-5-11-6-7;4*5-4-1-2-7(6)3-4;1-4(2,3)7(5)6;5-4-1-2-6-3-4;4*1-2-3;;;;;/h4*7,9H,4-6H2,1-3H3;4*4H,1-3,5H2;5H2,1-3H3;1-3H2;4*3H,2H2,1H3;4*1H;/t;;;;;;;;7-;;;;;;;;;;/m........0........../s1. The molecule has 0 aromatic heterocycles. The van der Waals surface area contributed by atoms with E-state index in [2.05, 4.69) is 18.9 Å². The summed E-state index contributed by atoms with van der Waals surface area (Å²) < 4.78 is 111. The summed E-state index contributed by atoms with van der Waals surface area (Å²) >= 11 is 9.48. The van der Waals surface area contributed by atoms with E-state index in [0.717, 1.165) is 138 Å². The van der Waals surface area contributed by atoms with Gasteiger partial charge in [0.15, 0.2) is 0 Å².